The van der Waals surface area contributed by atoms with Crippen molar-refractivity contribution in [2.75, 3.05) is 0 Å². The van der Waals surface area contributed by atoms with Crippen LogP contribution >= 0.6 is 15.9 Å². The van der Waals surface area contributed by atoms with Gasteiger partial charge in [-0.1, -0.05) is 15.9 Å². The number of alkyl halides is 2. The zero-order valence-corrected chi connectivity index (χ0v) is 11.3. The zero-order chi connectivity index (χ0) is 13.2. The molecule has 1 aliphatic rings. The third-order valence-electron chi connectivity index (χ3n) is 2.30. The number of carbonyl (C=O) groups is 2. The average molecular weight is 313 g/mol. The summed E-state index contributed by atoms with van der Waals surface area (Å²) in [7, 11) is 0. The normalized spacial score (nSPS) is 37.4. The SMILES string of the molecule is CC(=O)OC1C(F)[C@H](Br)OC(C)[C@H]1OC(C)=O. The van der Waals surface area contributed by atoms with Crippen LogP contribution in [0.5, 0.6) is 0 Å². The Morgan fingerprint density at radius 2 is 1.65 bits per heavy atom. The van der Waals surface area contributed by atoms with Crippen LogP contribution in [0.2, 0.25) is 0 Å². The lowest BCUT2D eigenvalue weighted by Crippen LogP contribution is -2.56. The molecule has 1 heterocycles. The van der Waals surface area contributed by atoms with Crippen LogP contribution in [0, 0.1) is 0 Å². The molecule has 0 amide bonds. The highest BCUT2D eigenvalue weighted by molar-refractivity contribution is 9.09. The third-order valence-corrected chi connectivity index (χ3v) is 3.02. The van der Waals surface area contributed by atoms with Gasteiger partial charge in [0.05, 0.1) is 6.10 Å². The number of hydrogen-bond donors (Lipinski definition) is 0. The van der Waals surface area contributed by atoms with Crippen molar-refractivity contribution in [3.05, 3.63) is 0 Å². The van der Waals surface area contributed by atoms with Gasteiger partial charge in [-0.15, -0.1) is 0 Å². The monoisotopic (exact) mass is 312 g/mol. The quantitative estimate of drug-likeness (QED) is 0.568. The van der Waals surface area contributed by atoms with Gasteiger partial charge in [0.2, 0.25) is 0 Å². The first-order valence-corrected chi connectivity index (χ1v) is 6.02. The Morgan fingerprint density at radius 1 is 1.18 bits per heavy atom. The van der Waals surface area contributed by atoms with Crippen LogP contribution in [0.25, 0.3) is 0 Å². The predicted octanol–water partition coefficient (Wildman–Crippen LogP) is 1.33. The third kappa shape index (κ3) is 3.64. The van der Waals surface area contributed by atoms with E-state index in [4.69, 9.17) is 14.2 Å². The van der Waals surface area contributed by atoms with Gasteiger partial charge >= 0.3 is 11.9 Å². The predicted molar refractivity (Wildman–Crippen MR) is 59.3 cm³/mol. The Bertz CT molecular complexity index is 311. The molecule has 7 heteroatoms. The maximum Gasteiger partial charge on any atom is 0.303 e. The van der Waals surface area contributed by atoms with E-state index in [1.54, 1.807) is 6.92 Å². The molecule has 17 heavy (non-hydrogen) atoms. The molecule has 0 aromatic rings. The molecule has 5 nitrogen and oxygen atoms in total. The van der Waals surface area contributed by atoms with Gasteiger partial charge in [-0.3, -0.25) is 9.59 Å². The molecule has 1 saturated heterocycles. The van der Waals surface area contributed by atoms with E-state index >= 15 is 0 Å². The topological polar surface area (TPSA) is 61.8 Å². The van der Waals surface area contributed by atoms with E-state index in [0.717, 1.165) is 0 Å². The molecule has 0 spiro atoms. The fourth-order valence-electron chi connectivity index (χ4n) is 1.63. The maximum absolute atomic E-state index is 13.8. The van der Waals surface area contributed by atoms with E-state index in [1.807, 2.05) is 0 Å². The second-order valence-corrected chi connectivity index (χ2v) is 4.69. The number of rotatable bonds is 2. The van der Waals surface area contributed by atoms with E-state index < -0.39 is 41.4 Å². The molecule has 0 saturated carbocycles. The van der Waals surface area contributed by atoms with E-state index in [-0.39, 0.29) is 0 Å². The Kier molecular flexibility index (Phi) is 4.88. The first-order chi connectivity index (χ1) is 7.82. The number of esters is 2. The Balaban J connectivity index is 2.86. The first-order valence-electron chi connectivity index (χ1n) is 5.11. The van der Waals surface area contributed by atoms with Crippen LogP contribution in [0.4, 0.5) is 4.39 Å². The molecule has 3 unspecified atom stereocenters. The highest BCUT2D eigenvalue weighted by Crippen LogP contribution is 2.30. The summed E-state index contributed by atoms with van der Waals surface area (Å²) in [5.74, 6) is -1.22. The van der Waals surface area contributed by atoms with Crippen molar-refractivity contribution in [3.63, 3.8) is 0 Å². The number of hydrogen-bond acceptors (Lipinski definition) is 5. The molecule has 1 aliphatic heterocycles. The molecule has 0 aromatic carbocycles. The van der Waals surface area contributed by atoms with Crippen molar-refractivity contribution in [2.45, 2.75) is 50.3 Å². The molecule has 0 N–H and O–H groups in total. The van der Waals surface area contributed by atoms with E-state index in [1.165, 1.54) is 13.8 Å². The van der Waals surface area contributed by atoms with Gasteiger partial charge < -0.3 is 14.2 Å². The highest BCUT2D eigenvalue weighted by Gasteiger charge is 2.47. The van der Waals surface area contributed by atoms with Crippen molar-refractivity contribution in [1.82, 2.24) is 0 Å². The summed E-state index contributed by atoms with van der Waals surface area (Å²) in [6, 6.07) is 0. The molecular weight excluding hydrogens is 299 g/mol. The van der Waals surface area contributed by atoms with Gasteiger partial charge in [0.15, 0.2) is 18.4 Å². The lowest BCUT2D eigenvalue weighted by molar-refractivity contribution is -0.209. The van der Waals surface area contributed by atoms with Gasteiger partial charge in [-0.25, -0.2) is 4.39 Å². The number of ether oxygens (including phenoxy) is 3. The van der Waals surface area contributed by atoms with E-state index in [2.05, 4.69) is 15.9 Å². The molecule has 5 atom stereocenters. The van der Waals surface area contributed by atoms with Crippen LogP contribution in [-0.2, 0) is 23.8 Å². The van der Waals surface area contributed by atoms with Gasteiger partial charge in [0.25, 0.3) is 0 Å². The number of halogens is 2. The molecule has 1 fully saturated rings. The summed E-state index contributed by atoms with van der Waals surface area (Å²) in [6.45, 7) is 3.98. The first kappa shape index (κ1) is 14.4. The fraction of sp³-hybridized carbons (Fsp3) is 0.800. The van der Waals surface area contributed by atoms with Gasteiger partial charge in [-0.05, 0) is 6.92 Å². The fourth-order valence-corrected chi connectivity index (χ4v) is 2.27. The van der Waals surface area contributed by atoms with Crippen molar-refractivity contribution in [2.24, 2.45) is 0 Å². The summed E-state index contributed by atoms with van der Waals surface area (Å²) in [5, 5.41) is -0.895. The zero-order valence-electron chi connectivity index (χ0n) is 9.68. The molecule has 1 rings (SSSR count). The van der Waals surface area contributed by atoms with Crippen LogP contribution in [0.1, 0.15) is 20.8 Å². The lowest BCUT2D eigenvalue weighted by Gasteiger charge is -2.39. The Labute approximate surface area is 107 Å². The summed E-state index contributed by atoms with van der Waals surface area (Å²) < 4.78 is 28.8. The van der Waals surface area contributed by atoms with Gasteiger partial charge in [0, 0.05) is 13.8 Å². The van der Waals surface area contributed by atoms with Crippen molar-refractivity contribution >= 4 is 27.9 Å². The maximum atomic E-state index is 13.8. The molecule has 0 aromatic heterocycles. The summed E-state index contributed by atoms with van der Waals surface area (Å²) in [5.41, 5.74) is 0. The molecule has 98 valence electrons. The van der Waals surface area contributed by atoms with Crippen LogP contribution in [-0.4, -0.2) is 41.4 Å². The second kappa shape index (κ2) is 5.77. The smallest absolute Gasteiger partial charge is 0.303 e. The Morgan fingerprint density at radius 3 is 2.12 bits per heavy atom. The van der Waals surface area contributed by atoms with Crippen LogP contribution < -0.4 is 0 Å². The van der Waals surface area contributed by atoms with Crippen molar-refractivity contribution in [1.29, 1.82) is 0 Å². The van der Waals surface area contributed by atoms with Crippen LogP contribution in [0.3, 0.4) is 0 Å². The average Bonchev–Trinajstić information content (AvgIpc) is 2.19. The molecular formula is C10H14BrFO5. The largest absolute Gasteiger partial charge is 0.456 e. The van der Waals surface area contributed by atoms with Gasteiger partial charge in [0.1, 0.15) is 5.01 Å². The minimum absolute atomic E-state index is 0.570. The second-order valence-electron chi connectivity index (χ2n) is 3.78. The van der Waals surface area contributed by atoms with E-state index in [9.17, 15) is 14.0 Å². The van der Waals surface area contributed by atoms with E-state index in [0.29, 0.717) is 0 Å². The summed E-state index contributed by atoms with van der Waals surface area (Å²) in [6.07, 6.45) is -4.27. The minimum atomic E-state index is -1.60. The summed E-state index contributed by atoms with van der Waals surface area (Å²) in [4.78, 5) is 21.8. The summed E-state index contributed by atoms with van der Waals surface area (Å²) >= 11 is 2.99. The molecule has 0 radical (unpaired) electrons. The number of carbonyl (C=O) groups excluding carboxylic acids is 2. The standard InChI is InChI=1S/C10H14BrFO5/c1-4-8(16-5(2)13)9(17-6(3)14)7(12)10(11)15-4/h4,7-10H,1-3H3/t4?,7?,8-,9?,10-/m1/s1. The van der Waals surface area contributed by atoms with Crippen molar-refractivity contribution in [3.8, 4) is 0 Å². The Hall–Kier alpha value is -0.690. The van der Waals surface area contributed by atoms with Crippen molar-refractivity contribution < 1.29 is 28.2 Å². The molecule has 0 bridgehead atoms. The van der Waals surface area contributed by atoms with Gasteiger partial charge in [-0.2, -0.15) is 0 Å². The highest BCUT2D eigenvalue weighted by atomic mass is 79.9. The molecule has 0 aliphatic carbocycles. The lowest BCUT2D eigenvalue weighted by atomic mass is 10.0. The minimum Gasteiger partial charge on any atom is -0.456 e. The van der Waals surface area contributed by atoms with Crippen LogP contribution in [0.15, 0.2) is 0 Å².